The van der Waals surface area contributed by atoms with E-state index in [1.54, 1.807) is 6.07 Å². The van der Waals surface area contributed by atoms with E-state index in [0.29, 0.717) is 0 Å². The zero-order chi connectivity index (χ0) is 6.85. The Morgan fingerprint density at radius 2 is 2.00 bits per heavy atom. The molecule has 0 amide bonds. The highest BCUT2D eigenvalue weighted by atomic mass is 35.5. The second kappa shape index (κ2) is 3.64. The molecule has 0 fully saturated rings. The van der Waals surface area contributed by atoms with Crippen molar-refractivity contribution in [1.82, 2.24) is 0 Å². The summed E-state index contributed by atoms with van der Waals surface area (Å²) in [4.78, 5) is 0. The minimum absolute atomic E-state index is 0. The van der Waals surface area contributed by atoms with Gasteiger partial charge in [0.05, 0.1) is 10.7 Å². The summed E-state index contributed by atoms with van der Waals surface area (Å²) in [7, 11) is 0. The summed E-state index contributed by atoms with van der Waals surface area (Å²) in [6.07, 6.45) is 0. The van der Waals surface area contributed by atoms with Crippen molar-refractivity contribution >= 4 is 29.7 Å². The molecule has 0 atom stereocenters. The van der Waals surface area contributed by atoms with E-state index >= 15 is 0 Å². The fourth-order valence-corrected chi connectivity index (χ4v) is 0.702. The largest absolute Gasteiger partial charge is 0.396 e. The van der Waals surface area contributed by atoms with Crippen LogP contribution in [0.2, 0.25) is 5.02 Å². The topological polar surface area (TPSA) is 26.0 Å². The molecule has 56 valence electrons. The van der Waals surface area contributed by atoms with Crippen LogP contribution in [-0.2, 0) is 0 Å². The van der Waals surface area contributed by atoms with Crippen molar-refractivity contribution in [2.24, 2.45) is 0 Å². The van der Waals surface area contributed by atoms with Gasteiger partial charge in [0, 0.05) is 0 Å². The lowest BCUT2D eigenvalue weighted by molar-refractivity contribution is 0.633. The van der Waals surface area contributed by atoms with Gasteiger partial charge in [0.25, 0.3) is 0 Å². The van der Waals surface area contributed by atoms with Crippen molar-refractivity contribution in [1.29, 1.82) is 0 Å². The molecule has 0 aliphatic rings. The van der Waals surface area contributed by atoms with E-state index in [1.165, 1.54) is 12.1 Å². The van der Waals surface area contributed by atoms with Gasteiger partial charge in [-0.25, -0.2) is 4.39 Å². The van der Waals surface area contributed by atoms with Crippen molar-refractivity contribution in [2.75, 3.05) is 5.73 Å². The molecule has 0 bridgehead atoms. The summed E-state index contributed by atoms with van der Waals surface area (Å²) >= 11 is 5.36. The van der Waals surface area contributed by atoms with Crippen LogP contribution in [0.25, 0.3) is 0 Å². The van der Waals surface area contributed by atoms with Gasteiger partial charge in [0.2, 0.25) is 0 Å². The summed E-state index contributed by atoms with van der Waals surface area (Å²) in [5, 5.41) is 0.0648. The van der Waals surface area contributed by atoms with Crippen LogP contribution in [0.15, 0.2) is 18.2 Å². The highest BCUT2D eigenvalue weighted by Crippen LogP contribution is 2.18. The highest BCUT2D eigenvalue weighted by Gasteiger charge is 1.99. The molecule has 4 heteroatoms. The number of nitrogens with two attached hydrogens (primary N) is 1. The maximum absolute atomic E-state index is 12.5. The van der Waals surface area contributed by atoms with Crippen molar-refractivity contribution in [3.63, 3.8) is 0 Å². The van der Waals surface area contributed by atoms with Gasteiger partial charge in [0.1, 0.15) is 0 Å². The third kappa shape index (κ3) is 1.75. The zero-order valence-electron chi connectivity index (χ0n) is 4.97. The van der Waals surface area contributed by atoms with Crippen molar-refractivity contribution < 1.29 is 4.39 Å². The van der Waals surface area contributed by atoms with E-state index < -0.39 is 5.82 Å². The highest BCUT2D eigenvalue weighted by molar-refractivity contribution is 6.31. The number of anilines is 1. The van der Waals surface area contributed by atoms with Gasteiger partial charge in [0.15, 0.2) is 5.82 Å². The number of halogens is 3. The molecule has 0 aliphatic heterocycles. The lowest BCUT2D eigenvalue weighted by Gasteiger charge is -1.94. The molecule has 1 aromatic carbocycles. The first-order chi connectivity index (χ1) is 4.22. The van der Waals surface area contributed by atoms with Crippen LogP contribution in [0.4, 0.5) is 10.1 Å². The summed E-state index contributed by atoms with van der Waals surface area (Å²) in [5.74, 6) is -0.542. The molecule has 0 saturated heterocycles. The standard InChI is InChI=1S/C6H5ClFN.ClH/c7-4-2-1-3-5(9)6(4)8;/h1-3H,9H2;1H. The van der Waals surface area contributed by atoms with Gasteiger partial charge >= 0.3 is 0 Å². The molecular formula is C6H6Cl2FN. The maximum atomic E-state index is 12.5. The van der Waals surface area contributed by atoms with Crippen molar-refractivity contribution in [3.05, 3.63) is 29.0 Å². The summed E-state index contributed by atoms with van der Waals surface area (Å²) in [6.45, 7) is 0. The zero-order valence-corrected chi connectivity index (χ0v) is 6.55. The van der Waals surface area contributed by atoms with Crippen LogP contribution >= 0.6 is 24.0 Å². The number of hydrogen-bond donors (Lipinski definition) is 1. The second-order valence-electron chi connectivity index (χ2n) is 1.64. The lowest BCUT2D eigenvalue weighted by Crippen LogP contribution is -1.89. The molecule has 0 radical (unpaired) electrons. The van der Waals surface area contributed by atoms with E-state index in [-0.39, 0.29) is 23.1 Å². The van der Waals surface area contributed by atoms with Crippen LogP contribution in [0.3, 0.4) is 0 Å². The first-order valence-corrected chi connectivity index (χ1v) is 2.79. The van der Waals surface area contributed by atoms with E-state index in [0.717, 1.165) is 0 Å². The predicted octanol–water partition coefficient (Wildman–Crippen LogP) is 2.48. The van der Waals surface area contributed by atoms with Crippen LogP contribution in [0.5, 0.6) is 0 Å². The Hall–Kier alpha value is -0.470. The Bertz CT molecular complexity index is 207. The molecule has 0 unspecified atom stereocenters. The van der Waals surface area contributed by atoms with Crippen LogP contribution in [0, 0.1) is 5.82 Å². The van der Waals surface area contributed by atoms with Gasteiger partial charge in [-0.1, -0.05) is 17.7 Å². The summed E-state index contributed by atoms with van der Waals surface area (Å²) in [6, 6.07) is 4.51. The average molecular weight is 182 g/mol. The molecular weight excluding hydrogens is 176 g/mol. The average Bonchev–Trinajstić information content (AvgIpc) is 1.83. The van der Waals surface area contributed by atoms with Crippen molar-refractivity contribution in [2.45, 2.75) is 0 Å². The number of rotatable bonds is 0. The van der Waals surface area contributed by atoms with Crippen LogP contribution < -0.4 is 5.73 Å². The molecule has 1 aromatic rings. The minimum Gasteiger partial charge on any atom is -0.396 e. The third-order valence-electron chi connectivity index (χ3n) is 0.981. The normalized spacial score (nSPS) is 8.60. The number of benzene rings is 1. The fraction of sp³-hybridized carbons (Fsp3) is 0. The molecule has 0 spiro atoms. The van der Waals surface area contributed by atoms with Gasteiger partial charge in [-0.2, -0.15) is 0 Å². The van der Waals surface area contributed by atoms with Crippen LogP contribution in [-0.4, -0.2) is 0 Å². The SMILES string of the molecule is Cl.Nc1cccc(Cl)c1F. The molecule has 1 nitrogen and oxygen atoms in total. The maximum Gasteiger partial charge on any atom is 0.164 e. The molecule has 2 N–H and O–H groups in total. The Labute approximate surface area is 69.4 Å². The van der Waals surface area contributed by atoms with Gasteiger partial charge in [-0.3, -0.25) is 0 Å². The fourth-order valence-electron chi connectivity index (χ4n) is 0.520. The Morgan fingerprint density at radius 1 is 1.40 bits per heavy atom. The molecule has 1 rings (SSSR count). The Morgan fingerprint density at radius 3 is 2.40 bits per heavy atom. The summed E-state index contributed by atoms with van der Waals surface area (Å²) < 4.78 is 12.5. The lowest BCUT2D eigenvalue weighted by atomic mass is 10.3. The molecule has 10 heavy (non-hydrogen) atoms. The molecule has 0 aromatic heterocycles. The monoisotopic (exact) mass is 181 g/mol. The Balaban J connectivity index is 0.000000810. The first-order valence-electron chi connectivity index (χ1n) is 2.41. The third-order valence-corrected chi connectivity index (χ3v) is 1.27. The molecule has 0 heterocycles. The molecule has 0 aliphatic carbocycles. The minimum atomic E-state index is -0.542. The number of hydrogen-bond acceptors (Lipinski definition) is 1. The second-order valence-corrected chi connectivity index (χ2v) is 2.05. The molecule has 0 saturated carbocycles. The van der Waals surface area contributed by atoms with E-state index in [4.69, 9.17) is 17.3 Å². The quantitative estimate of drug-likeness (QED) is 0.612. The first kappa shape index (κ1) is 9.53. The van der Waals surface area contributed by atoms with Crippen molar-refractivity contribution in [3.8, 4) is 0 Å². The predicted molar refractivity (Wildman–Crippen MR) is 43.1 cm³/mol. The number of nitrogen functional groups attached to an aromatic ring is 1. The van der Waals surface area contributed by atoms with E-state index in [9.17, 15) is 4.39 Å². The van der Waals surface area contributed by atoms with Gasteiger partial charge in [-0.15, -0.1) is 12.4 Å². The van der Waals surface area contributed by atoms with E-state index in [1.807, 2.05) is 0 Å². The van der Waals surface area contributed by atoms with Crippen LogP contribution in [0.1, 0.15) is 0 Å². The van der Waals surface area contributed by atoms with Gasteiger partial charge < -0.3 is 5.73 Å². The smallest absolute Gasteiger partial charge is 0.164 e. The summed E-state index contributed by atoms with van der Waals surface area (Å²) in [5.41, 5.74) is 5.25. The Kier molecular flexibility index (Phi) is 3.47. The van der Waals surface area contributed by atoms with Gasteiger partial charge in [-0.05, 0) is 12.1 Å². The van der Waals surface area contributed by atoms with E-state index in [2.05, 4.69) is 0 Å².